The van der Waals surface area contributed by atoms with Crippen LogP contribution in [0.25, 0.3) is 0 Å². The molecule has 0 bridgehead atoms. The number of rotatable bonds is 4. The summed E-state index contributed by atoms with van der Waals surface area (Å²) in [6.45, 7) is 11.4. The molecule has 1 aliphatic rings. The Hall–Kier alpha value is -1.43. The van der Waals surface area contributed by atoms with Gasteiger partial charge < -0.3 is 15.2 Å². The molecule has 0 aromatic rings. The fourth-order valence-corrected chi connectivity index (χ4v) is 2.12. The Labute approximate surface area is 145 Å². The van der Waals surface area contributed by atoms with Gasteiger partial charge in [-0.3, -0.25) is 14.4 Å². The summed E-state index contributed by atoms with van der Waals surface area (Å²) in [7, 11) is 0. The first-order valence-corrected chi connectivity index (χ1v) is 8.67. The van der Waals surface area contributed by atoms with Crippen LogP contribution in [0.3, 0.4) is 0 Å². The number of ether oxygens (including phenoxy) is 2. The lowest BCUT2D eigenvalue weighted by atomic mass is 9.88. The van der Waals surface area contributed by atoms with Gasteiger partial charge in [-0.2, -0.15) is 0 Å². The van der Waals surface area contributed by atoms with E-state index in [1.807, 2.05) is 34.6 Å². The van der Waals surface area contributed by atoms with E-state index in [0.717, 1.165) is 12.8 Å². The third kappa shape index (κ3) is 9.01. The average Bonchev–Trinajstić information content (AvgIpc) is 2.45. The second-order valence-electron chi connectivity index (χ2n) is 7.32. The molecular weight excluding hydrogens is 310 g/mol. The van der Waals surface area contributed by atoms with E-state index in [0.29, 0.717) is 19.4 Å². The number of Topliss-reactive ketones (excluding diaryl/α,β-unsaturated/α-hetero) is 1. The Morgan fingerprint density at radius 1 is 1.25 bits per heavy atom. The van der Waals surface area contributed by atoms with Gasteiger partial charge in [0, 0.05) is 6.42 Å². The molecular formula is C18H33NO5. The zero-order chi connectivity index (χ0) is 18.9. The fraction of sp³-hybridized carbons (Fsp3) is 0.833. The number of nitrogens with two attached hydrogens (primary N) is 1. The molecule has 0 spiro atoms. The van der Waals surface area contributed by atoms with Crippen LogP contribution in [0.1, 0.15) is 67.2 Å². The van der Waals surface area contributed by atoms with Crippen molar-refractivity contribution >= 4 is 17.7 Å². The lowest BCUT2D eigenvalue weighted by Gasteiger charge is -2.23. The van der Waals surface area contributed by atoms with Gasteiger partial charge in [-0.05, 0) is 46.5 Å². The molecule has 0 radical (unpaired) electrons. The highest BCUT2D eigenvalue weighted by Gasteiger charge is 2.29. The first-order valence-electron chi connectivity index (χ1n) is 8.67. The largest absolute Gasteiger partial charge is 0.465 e. The maximum atomic E-state index is 11.3. The predicted molar refractivity (Wildman–Crippen MR) is 92.3 cm³/mol. The molecule has 6 nitrogen and oxygen atoms in total. The summed E-state index contributed by atoms with van der Waals surface area (Å²) in [4.78, 5) is 33.6. The third-order valence-corrected chi connectivity index (χ3v) is 3.52. The number of carbonyl (C=O) groups excluding carboxylic acids is 3. The van der Waals surface area contributed by atoms with Crippen LogP contribution in [0.15, 0.2) is 0 Å². The van der Waals surface area contributed by atoms with Crippen LogP contribution in [-0.2, 0) is 23.9 Å². The molecule has 1 aliphatic carbocycles. The molecule has 1 saturated carbocycles. The minimum Gasteiger partial charge on any atom is -0.465 e. The smallest absolute Gasteiger partial charge is 0.323 e. The van der Waals surface area contributed by atoms with E-state index in [1.165, 1.54) is 0 Å². The van der Waals surface area contributed by atoms with Crippen LogP contribution >= 0.6 is 0 Å². The van der Waals surface area contributed by atoms with Crippen molar-refractivity contribution in [3.05, 3.63) is 0 Å². The standard InChI is InChI=1S/C9H19NO2.C9H14O3/c1-6(2)7(10)8(11)12-9(3,4)5;1-2-12-9(11)7-5-3-4-6-8(7)10/h6-7H,10H2,1-5H3;7H,2-6H2,1H3/t7-;/m1./s1. The van der Waals surface area contributed by atoms with Crippen molar-refractivity contribution in [2.45, 2.75) is 78.9 Å². The van der Waals surface area contributed by atoms with E-state index in [1.54, 1.807) is 6.92 Å². The van der Waals surface area contributed by atoms with Crippen molar-refractivity contribution in [2.24, 2.45) is 17.6 Å². The molecule has 24 heavy (non-hydrogen) atoms. The normalized spacial score (nSPS) is 19.2. The highest BCUT2D eigenvalue weighted by Crippen LogP contribution is 2.21. The van der Waals surface area contributed by atoms with Crippen molar-refractivity contribution in [3.63, 3.8) is 0 Å². The van der Waals surface area contributed by atoms with Gasteiger partial charge in [0.15, 0.2) is 0 Å². The van der Waals surface area contributed by atoms with Gasteiger partial charge in [0.25, 0.3) is 0 Å². The third-order valence-electron chi connectivity index (χ3n) is 3.52. The van der Waals surface area contributed by atoms with Crippen molar-refractivity contribution in [1.29, 1.82) is 0 Å². The molecule has 0 aliphatic heterocycles. The maximum absolute atomic E-state index is 11.3. The summed E-state index contributed by atoms with van der Waals surface area (Å²) in [5.74, 6) is -0.932. The molecule has 2 atom stereocenters. The van der Waals surface area contributed by atoms with Crippen LogP contribution in [0.2, 0.25) is 0 Å². The lowest BCUT2D eigenvalue weighted by molar-refractivity contribution is -0.157. The Balaban J connectivity index is 0.000000441. The molecule has 0 heterocycles. The molecule has 0 saturated heterocycles. The second-order valence-corrected chi connectivity index (χ2v) is 7.32. The number of hydrogen-bond acceptors (Lipinski definition) is 6. The highest BCUT2D eigenvalue weighted by atomic mass is 16.6. The molecule has 0 aromatic heterocycles. The molecule has 1 fully saturated rings. The minimum absolute atomic E-state index is 0.0553. The quantitative estimate of drug-likeness (QED) is 0.623. The van der Waals surface area contributed by atoms with Crippen LogP contribution in [0.4, 0.5) is 0 Å². The highest BCUT2D eigenvalue weighted by molar-refractivity contribution is 5.99. The zero-order valence-corrected chi connectivity index (χ0v) is 15.9. The van der Waals surface area contributed by atoms with Gasteiger partial charge in [-0.1, -0.05) is 20.3 Å². The topological polar surface area (TPSA) is 95.7 Å². The fourth-order valence-electron chi connectivity index (χ4n) is 2.12. The first-order chi connectivity index (χ1) is 11.0. The molecule has 2 N–H and O–H groups in total. The van der Waals surface area contributed by atoms with E-state index in [2.05, 4.69) is 0 Å². The van der Waals surface area contributed by atoms with Gasteiger partial charge in [0.1, 0.15) is 23.3 Å². The SMILES string of the molecule is CC(C)[C@@H](N)C(=O)OC(C)(C)C.CCOC(=O)C1CCCCC1=O. The van der Waals surface area contributed by atoms with Crippen LogP contribution in [-0.4, -0.2) is 36.0 Å². The zero-order valence-electron chi connectivity index (χ0n) is 15.9. The Kier molecular flexibility index (Phi) is 9.82. The number of ketones is 1. The van der Waals surface area contributed by atoms with E-state index in [4.69, 9.17) is 15.2 Å². The molecule has 1 rings (SSSR count). The summed E-state index contributed by atoms with van der Waals surface area (Å²) in [5, 5.41) is 0. The van der Waals surface area contributed by atoms with E-state index in [-0.39, 0.29) is 23.6 Å². The van der Waals surface area contributed by atoms with Crippen molar-refractivity contribution < 1.29 is 23.9 Å². The van der Waals surface area contributed by atoms with E-state index in [9.17, 15) is 14.4 Å². The Morgan fingerprint density at radius 3 is 2.25 bits per heavy atom. The molecule has 1 unspecified atom stereocenters. The Morgan fingerprint density at radius 2 is 1.83 bits per heavy atom. The van der Waals surface area contributed by atoms with Crippen molar-refractivity contribution in [1.82, 2.24) is 0 Å². The predicted octanol–water partition coefficient (Wildman–Crippen LogP) is 2.62. The summed E-state index contributed by atoms with van der Waals surface area (Å²) >= 11 is 0. The number of esters is 2. The molecule has 0 amide bonds. The molecule has 140 valence electrons. The van der Waals surface area contributed by atoms with E-state index >= 15 is 0 Å². The number of carbonyl (C=O) groups is 3. The monoisotopic (exact) mass is 343 g/mol. The van der Waals surface area contributed by atoms with Crippen LogP contribution in [0.5, 0.6) is 0 Å². The van der Waals surface area contributed by atoms with Crippen LogP contribution in [0, 0.1) is 11.8 Å². The summed E-state index contributed by atoms with van der Waals surface area (Å²) < 4.78 is 9.89. The van der Waals surface area contributed by atoms with E-state index < -0.39 is 17.6 Å². The maximum Gasteiger partial charge on any atom is 0.323 e. The van der Waals surface area contributed by atoms with Crippen molar-refractivity contribution in [2.75, 3.05) is 6.61 Å². The van der Waals surface area contributed by atoms with Crippen LogP contribution < -0.4 is 5.73 Å². The van der Waals surface area contributed by atoms with Gasteiger partial charge in [0.2, 0.25) is 0 Å². The number of hydrogen-bond donors (Lipinski definition) is 1. The summed E-state index contributed by atoms with van der Waals surface area (Å²) in [5.41, 5.74) is 5.15. The van der Waals surface area contributed by atoms with Crippen molar-refractivity contribution in [3.8, 4) is 0 Å². The van der Waals surface area contributed by atoms with Gasteiger partial charge in [-0.25, -0.2) is 0 Å². The van der Waals surface area contributed by atoms with Gasteiger partial charge >= 0.3 is 11.9 Å². The van der Waals surface area contributed by atoms with Gasteiger partial charge in [0.05, 0.1) is 6.61 Å². The molecule has 6 heteroatoms. The Bertz CT molecular complexity index is 426. The first kappa shape index (κ1) is 22.6. The minimum atomic E-state index is -0.510. The summed E-state index contributed by atoms with van der Waals surface area (Å²) in [6.07, 6.45) is 3.12. The lowest BCUT2D eigenvalue weighted by Crippen LogP contribution is -2.40. The van der Waals surface area contributed by atoms with Gasteiger partial charge in [-0.15, -0.1) is 0 Å². The summed E-state index contributed by atoms with van der Waals surface area (Å²) in [6, 6.07) is -0.510. The average molecular weight is 343 g/mol. The molecule has 0 aromatic carbocycles. The second kappa shape index (κ2) is 10.4.